The van der Waals surface area contributed by atoms with Crippen LogP contribution in [0.3, 0.4) is 0 Å². The van der Waals surface area contributed by atoms with Crippen molar-refractivity contribution >= 4 is 29.1 Å². The first-order valence-electron chi connectivity index (χ1n) is 10.0. The summed E-state index contributed by atoms with van der Waals surface area (Å²) in [5.74, 6) is 0.444. The molecule has 4 rings (SSSR count). The Morgan fingerprint density at radius 1 is 1.19 bits per heavy atom. The van der Waals surface area contributed by atoms with E-state index in [9.17, 15) is 4.79 Å². The van der Waals surface area contributed by atoms with Crippen LogP contribution < -0.4 is 15.1 Å². The van der Waals surface area contributed by atoms with Crippen molar-refractivity contribution in [1.82, 2.24) is 10.4 Å². The van der Waals surface area contributed by atoms with E-state index in [2.05, 4.69) is 32.5 Å². The molecule has 0 aliphatic carbocycles. The molecule has 1 saturated heterocycles. The highest BCUT2D eigenvalue weighted by Gasteiger charge is 2.18. The number of amides is 1. The average molecular weight is 437 g/mol. The number of aryl methyl sites for hydroxylation is 1. The molecule has 8 heteroatoms. The monoisotopic (exact) mass is 436 g/mol. The standard InChI is InChI=1S/C23H24N4O3S/c1-16-21(31-23(25-16)19-5-3-4-6-20(19)29-2)22(28)26-24-15-17-7-9-18(10-8-17)27-11-13-30-14-12-27/h3-10,15H,11-14H2,1-2H3,(H,26,28)/b24-15+. The normalized spacial score (nSPS) is 14.1. The molecule has 160 valence electrons. The third-order valence-corrected chi connectivity index (χ3v) is 6.18. The molecule has 1 aliphatic heterocycles. The molecule has 1 fully saturated rings. The molecule has 0 atom stereocenters. The van der Waals surface area contributed by atoms with Gasteiger partial charge < -0.3 is 14.4 Å². The smallest absolute Gasteiger partial charge is 0.283 e. The van der Waals surface area contributed by atoms with Gasteiger partial charge in [0.2, 0.25) is 0 Å². The second-order valence-corrected chi connectivity index (χ2v) is 8.02. The number of carbonyl (C=O) groups excluding carboxylic acids is 1. The molecule has 1 amide bonds. The molecule has 2 aromatic carbocycles. The number of hydrazone groups is 1. The molecule has 0 bridgehead atoms. The number of nitrogens with one attached hydrogen (secondary N) is 1. The van der Waals surface area contributed by atoms with Crippen LogP contribution in [0.5, 0.6) is 5.75 Å². The van der Waals surface area contributed by atoms with Gasteiger partial charge in [0.25, 0.3) is 5.91 Å². The molecule has 0 unspecified atom stereocenters. The van der Waals surface area contributed by atoms with Crippen molar-refractivity contribution in [1.29, 1.82) is 0 Å². The summed E-state index contributed by atoms with van der Waals surface area (Å²) >= 11 is 1.32. The Morgan fingerprint density at radius 3 is 2.68 bits per heavy atom. The van der Waals surface area contributed by atoms with Gasteiger partial charge in [-0.05, 0) is 36.8 Å². The Morgan fingerprint density at radius 2 is 1.94 bits per heavy atom. The molecule has 0 spiro atoms. The van der Waals surface area contributed by atoms with Crippen LogP contribution in [0.4, 0.5) is 5.69 Å². The Bertz CT molecular complexity index is 1070. The number of methoxy groups -OCH3 is 1. The summed E-state index contributed by atoms with van der Waals surface area (Å²) in [5, 5.41) is 4.85. The van der Waals surface area contributed by atoms with E-state index < -0.39 is 0 Å². The maximum Gasteiger partial charge on any atom is 0.283 e. The highest BCUT2D eigenvalue weighted by Crippen LogP contribution is 2.34. The van der Waals surface area contributed by atoms with Gasteiger partial charge in [-0.1, -0.05) is 24.3 Å². The van der Waals surface area contributed by atoms with Gasteiger partial charge in [0.05, 0.1) is 37.8 Å². The number of aromatic nitrogens is 1. The lowest BCUT2D eigenvalue weighted by Crippen LogP contribution is -2.36. The SMILES string of the molecule is COc1ccccc1-c1nc(C)c(C(=O)N/N=C/c2ccc(N3CCOCC3)cc2)s1. The fraction of sp³-hybridized carbons (Fsp3) is 0.261. The van der Waals surface area contributed by atoms with Crippen molar-refractivity contribution in [3.05, 3.63) is 64.7 Å². The number of rotatable bonds is 6. The Balaban J connectivity index is 1.41. The number of hydrogen-bond donors (Lipinski definition) is 1. The van der Waals surface area contributed by atoms with Crippen LogP contribution in [0.2, 0.25) is 0 Å². The van der Waals surface area contributed by atoms with Crippen molar-refractivity contribution < 1.29 is 14.3 Å². The van der Waals surface area contributed by atoms with Crippen LogP contribution in [0.1, 0.15) is 20.9 Å². The molecular weight excluding hydrogens is 412 g/mol. The van der Waals surface area contributed by atoms with Crippen molar-refractivity contribution in [3.63, 3.8) is 0 Å². The number of benzene rings is 2. The minimum atomic E-state index is -0.280. The average Bonchev–Trinajstić information content (AvgIpc) is 3.21. The lowest BCUT2D eigenvalue weighted by molar-refractivity contribution is 0.0958. The van der Waals surface area contributed by atoms with Crippen LogP contribution >= 0.6 is 11.3 Å². The third-order valence-electron chi connectivity index (χ3n) is 4.99. The highest BCUT2D eigenvalue weighted by atomic mass is 32.1. The van der Waals surface area contributed by atoms with E-state index in [1.54, 1.807) is 13.3 Å². The summed E-state index contributed by atoms with van der Waals surface area (Å²) in [7, 11) is 1.62. The van der Waals surface area contributed by atoms with E-state index in [4.69, 9.17) is 9.47 Å². The number of anilines is 1. The molecule has 1 aromatic heterocycles. The van der Waals surface area contributed by atoms with Gasteiger partial charge in [-0.25, -0.2) is 10.4 Å². The number of morpholine rings is 1. The topological polar surface area (TPSA) is 76.0 Å². The summed E-state index contributed by atoms with van der Waals surface area (Å²) in [4.78, 5) is 20.0. The minimum absolute atomic E-state index is 0.280. The zero-order valence-corrected chi connectivity index (χ0v) is 18.3. The fourth-order valence-electron chi connectivity index (χ4n) is 3.35. The fourth-order valence-corrected chi connectivity index (χ4v) is 4.34. The van der Waals surface area contributed by atoms with Gasteiger partial charge in [-0.2, -0.15) is 5.10 Å². The van der Waals surface area contributed by atoms with Gasteiger partial charge in [0, 0.05) is 18.8 Å². The van der Waals surface area contributed by atoms with E-state index in [1.807, 2.05) is 43.3 Å². The van der Waals surface area contributed by atoms with Crippen molar-refractivity contribution in [2.24, 2.45) is 5.10 Å². The van der Waals surface area contributed by atoms with Gasteiger partial charge in [-0.3, -0.25) is 4.79 Å². The van der Waals surface area contributed by atoms with E-state index >= 15 is 0 Å². The molecule has 1 aliphatic rings. The highest BCUT2D eigenvalue weighted by molar-refractivity contribution is 7.17. The van der Waals surface area contributed by atoms with E-state index in [-0.39, 0.29) is 5.91 Å². The Hall–Kier alpha value is -3.23. The number of thiazole rings is 1. The van der Waals surface area contributed by atoms with Gasteiger partial charge in [0.15, 0.2) is 0 Å². The number of para-hydroxylation sites is 1. The van der Waals surface area contributed by atoms with Gasteiger partial charge in [0.1, 0.15) is 15.6 Å². The van der Waals surface area contributed by atoms with Crippen LogP contribution in [0.25, 0.3) is 10.6 Å². The minimum Gasteiger partial charge on any atom is -0.496 e. The van der Waals surface area contributed by atoms with Crippen LogP contribution in [-0.4, -0.2) is 50.5 Å². The number of nitrogens with zero attached hydrogens (tertiary/aromatic N) is 3. The summed E-state index contributed by atoms with van der Waals surface area (Å²) in [5.41, 5.74) is 6.20. The first-order chi connectivity index (χ1) is 15.2. The van der Waals surface area contributed by atoms with Gasteiger partial charge in [-0.15, -0.1) is 11.3 Å². The molecule has 0 radical (unpaired) electrons. The summed E-state index contributed by atoms with van der Waals surface area (Å²) in [6, 6.07) is 15.7. The summed E-state index contributed by atoms with van der Waals surface area (Å²) < 4.78 is 10.8. The number of carbonyl (C=O) groups is 1. The predicted molar refractivity (Wildman–Crippen MR) is 123 cm³/mol. The van der Waals surface area contributed by atoms with Crippen LogP contribution in [0.15, 0.2) is 53.6 Å². The number of hydrogen-bond acceptors (Lipinski definition) is 7. The molecule has 0 saturated carbocycles. The second-order valence-electron chi connectivity index (χ2n) is 7.02. The maximum absolute atomic E-state index is 12.6. The lowest BCUT2D eigenvalue weighted by atomic mass is 10.2. The quantitative estimate of drug-likeness (QED) is 0.471. The maximum atomic E-state index is 12.6. The van der Waals surface area contributed by atoms with Crippen molar-refractivity contribution in [3.8, 4) is 16.3 Å². The summed E-state index contributed by atoms with van der Waals surface area (Å²) in [6.07, 6.45) is 1.64. The van der Waals surface area contributed by atoms with Crippen molar-refractivity contribution in [2.45, 2.75) is 6.92 Å². The van der Waals surface area contributed by atoms with Crippen LogP contribution in [-0.2, 0) is 4.74 Å². The Labute approximate surface area is 185 Å². The number of ether oxygens (including phenoxy) is 2. The predicted octanol–water partition coefficient (Wildman–Crippen LogP) is 3.73. The van der Waals surface area contributed by atoms with Crippen molar-refractivity contribution in [2.75, 3.05) is 38.3 Å². The third kappa shape index (κ3) is 4.92. The first kappa shape index (κ1) is 21.0. The van der Waals surface area contributed by atoms with Crippen LogP contribution in [0, 0.1) is 6.92 Å². The first-order valence-corrected chi connectivity index (χ1v) is 10.8. The summed E-state index contributed by atoms with van der Waals surface area (Å²) in [6.45, 7) is 5.12. The zero-order valence-electron chi connectivity index (χ0n) is 17.5. The molecule has 31 heavy (non-hydrogen) atoms. The van der Waals surface area contributed by atoms with E-state index in [1.165, 1.54) is 11.3 Å². The molecular formula is C23H24N4O3S. The zero-order chi connectivity index (χ0) is 21.6. The van der Waals surface area contributed by atoms with E-state index in [0.29, 0.717) is 10.6 Å². The Kier molecular flexibility index (Phi) is 6.59. The molecule has 2 heterocycles. The molecule has 3 aromatic rings. The van der Waals surface area contributed by atoms with Gasteiger partial charge >= 0.3 is 0 Å². The lowest BCUT2D eigenvalue weighted by Gasteiger charge is -2.28. The molecule has 1 N–H and O–H groups in total. The second kappa shape index (κ2) is 9.72. The van der Waals surface area contributed by atoms with E-state index in [0.717, 1.165) is 53.9 Å². The largest absolute Gasteiger partial charge is 0.496 e. The molecule has 7 nitrogen and oxygen atoms in total.